The summed E-state index contributed by atoms with van der Waals surface area (Å²) < 4.78 is 2.27. The molecular weight excluding hydrogens is 439 g/mol. The number of tetrazole rings is 1. The molecule has 0 amide bonds. The van der Waals surface area contributed by atoms with Gasteiger partial charge in [0.1, 0.15) is 11.3 Å². The van der Waals surface area contributed by atoms with Crippen LogP contribution in [-0.4, -0.2) is 40.1 Å². The predicted molar refractivity (Wildman–Crippen MR) is 121 cm³/mol. The average Bonchev–Trinajstić information content (AvgIpc) is 3.37. The van der Waals surface area contributed by atoms with Gasteiger partial charge >= 0.3 is 51.4 Å². The molecule has 0 bridgehead atoms. The normalized spacial score (nSPS) is 13.3. The van der Waals surface area contributed by atoms with Crippen LogP contribution in [0.25, 0.3) is 33.8 Å². The van der Waals surface area contributed by atoms with E-state index in [1.807, 2.05) is 43.5 Å². The van der Waals surface area contributed by atoms with Crippen LogP contribution in [0.2, 0.25) is 0 Å². The van der Waals surface area contributed by atoms with Gasteiger partial charge in [-0.2, -0.15) is 5.21 Å². The van der Waals surface area contributed by atoms with E-state index in [-0.39, 0.29) is 51.4 Å². The van der Waals surface area contributed by atoms with Gasteiger partial charge in [-0.05, 0) is 55.2 Å². The van der Waals surface area contributed by atoms with Gasteiger partial charge < -0.3 is 4.57 Å². The van der Waals surface area contributed by atoms with Crippen LogP contribution in [0.1, 0.15) is 41.4 Å². The van der Waals surface area contributed by atoms with Crippen molar-refractivity contribution in [3.05, 3.63) is 71.3 Å². The topological polar surface area (TPSA) is 98.1 Å². The fraction of sp³-hybridized carbons (Fsp3) is 0.250. The quantitative estimate of drug-likeness (QED) is 0.395. The minimum atomic E-state index is 0. The largest absolute Gasteiger partial charge is 1.00 e. The van der Waals surface area contributed by atoms with Crippen LogP contribution in [-0.2, 0) is 6.54 Å². The smallest absolute Gasteiger partial charge is 0.308 e. The summed E-state index contributed by atoms with van der Waals surface area (Å²) >= 11 is 0. The second-order valence-corrected chi connectivity index (χ2v) is 8.42. The molecule has 0 saturated heterocycles. The van der Waals surface area contributed by atoms with Gasteiger partial charge in [0.15, 0.2) is 5.65 Å². The van der Waals surface area contributed by atoms with Gasteiger partial charge in [0.25, 0.3) is 0 Å². The summed E-state index contributed by atoms with van der Waals surface area (Å²) in [7, 11) is 0. The molecule has 4 heterocycles. The zero-order chi connectivity index (χ0) is 21.7. The Morgan fingerprint density at radius 3 is 2.55 bits per heavy atom. The van der Waals surface area contributed by atoms with E-state index in [2.05, 4.69) is 44.2 Å². The van der Waals surface area contributed by atoms with Gasteiger partial charge in [-0.25, -0.2) is 9.97 Å². The van der Waals surface area contributed by atoms with Gasteiger partial charge in [-0.15, -0.1) is 10.2 Å². The number of rotatable bonds is 5. The number of aromatic amines is 1. The first-order valence-corrected chi connectivity index (χ1v) is 10.8. The summed E-state index contributed by atoms with van der Waals surface area (Å²) in [6, 6.07) is 14.2. The van der Waals surface area contributed by atoms with Crippen LogP contribution >= 0.6 is 0 Å². The van der Waals surface area contributed by atoms with Gasteiger partial charge in [0.2, 0.25) is 5.82 Å². The maximum Gasteiger partial charge on any atom is 1.00 e. The fourth-order valence-electron chi connectivity index (χ4n) is 4.27. The van der Waals surface area contributed by atoms with E-state index < -0.39 is 0 Å². The third kappa shape index (κ3) is 4.31. The van der Waals surface area contributed by atoms with Gasteiger partial charge in [-0.3, -0.25) is 4.98 Å². The summed E-state index contributed by atoms with van der Waals surface area (Å²) in [4.78, 5) is 14.6. The number of benzene rings is 1. The van der Waals surface area contributed by atoms with Crippen molar-refractivity contribution in [2.75, 3.05) is 0 Å². The Labute approximate surface area is 233 Å². The Kier molecular flexibility index (Phi) is 6.24. The summed E-state index contributed by atoms with van der Waals surface area (Å²) in [5.74, 6) is 2.24. The number of hydrogen-bond acceptors (Lipinski definition) is 6. The maximum atomic E-state index is 4.97. The molecule has 0 spiro atoms. The molecule has 4 aromatic heterocycles. The Morgan fingerprint density at radius 1 is 1.03 bits per heavy atom. The number of imidazole rings is 1. The maximum absolute atomic E-state index is 4.97. The molecule has 1 aliphatic rings. The van der Waals surface area contributed by atoms with Crippen LogP contribution in [0.3, 0.4) is 0 Å². The molecular formula is C24H22KN8+. The molecule has 9 heteroatoms. The monoisotopic (exact) mass is 461 g/mol. The Balaban J connectivity index is 0.00000228. The fourth-order valence-corrected chi connectivity index (χ4v) is 4.27. The number of fused-ring (bicyclic) bond motifs is 1. The minimum absolute atomic E-state index is 0. The summed E-state index contributed by atoms with van der Waals surface area (Å²) in [6.45, 7) is 4.86. The minimum Gasteiger partial charge on any atom is -0.308 e. The Morgan fingerprint density at radius 2 is 1.85 bits per heavy atom. The van der Waals surface area contributed by atoms with Crippen LogP contribution in [0.5, 0.6) is 0 Å². The second-order valence-electron chi connectivity index (χ2n) is 8.42. The Bertz CT molecular complexity index is 1420. The first-order chi connectivity index (χ1) is 15.7. The molecule has 1 aromatic carbocycles. The van der Waals surface area contributed by atoms with Crippen molar-refractivity contribution in [2.24, 2.45) is 0 Å². The van der Waals surface area contributed by atoms with Crippen molar-refractivity contribution < 1.29 is 51.4 Å². The summed E-state index contributed by atoms with van der Waals surface area (Å²) in [5, 5.41) is 14.4. The van der Waals surface area contributed by atoms with Crippen LogP contribution < -0.4 is 51.4 Å². The first-order valence-electron chi connectivity index (χ1n) is 10.8. The van der Waals surface area contributed by atoms with Crippen molar-refractivity contribution in [1.82, 2.24) is 40.1 Å². The number of aryl methyl sites for hydroxylation is 2. The molecule has 0 aliphatic heterocycles. The molecule has 33 heavy (non-hydrogen) atoms. The first kappa shape index (κ1) is 22.5. The molecule has 1 N–H and O–H groups in total. The number of aromatic nitrogens is 8. The van der Waals surface area contributed by atoms with Crippen LogP contribution in [0, 0.1) is 13.8 Å². The number of hydrogen-bond donors (Lipinski definition) is 1. The van der Waals surface area contributed by atoms with Crippen LogP contribution in [0.4, 0.5) is 0 Å². The van der Waals surface area contributed by atoms with Crippen molar-refractivity contribution in [2.45, 2.75) is 39.2 Å². The van der Waals surface area contributed by atoms with Gasteiger partial charge in [0, 0.05) is 28.9 Å². The molecule has 1 fully saturated rings. The molecule has 5 aromatic rings. The Hall–Kier alpha value is -2.30. The van der Waals surface area contributed by atoms with E-state index >= 15 is 0 Å². The van der Waals surface area contributed by atoms with Crippen molar-refractivity contribution >= 4 is 11.2 Å². The molecule has 0 radical (unpaired) electrons. The van der Waals surface area contributed by atoms with Crippen molar-refractivity contribution in [1.29, 1.82) is 0 Å². The van der Waals surface area contributed by atoms with E-state index in [4.69, 9.17) is 15.0 Å². The average molecular weight is 462 g/mol. The zero-order valence-corrected chi connectivity index (χ0v) is 22.1. The van der Waals surface area contributed by atoms with Crippen LogP contribution in [0.15, 0.2) is 48.7 Å². The standard InChI is InChI=1S/C24H22N8.K/c1-14-11-15(2)26-24-21(14)27-23(17-8-9-17)32(24)13-16-7-10-20(25-12-16)18-5-3-4-6-19(18)22-28-30-31-29-22;/h3-7,10-12,17H,8-9,13H2,1-2H3,(H,28,29,30,31);/q;+1. The second kappa shape index (κ2) is 9.15. The molecule has 1 aliphatic carbocycles. The van der Waals surface area contributed by atoms with E-state index in [0.717, 1.165) is 45.1 Å². The van der Waals surface area contributed by atoms with Gasteiger partial charge in [-0.1, -0.05) is 30.3 Å². The molecule has 0 atom stereocenters. The van der Waals surface area contributed by atoms with Crippen molar-refractivity contribution in [3.63, 3.8) is 0 Å². The third-order valence-corrected chi connectivity index (χ3v) is 5.95. The summed E-state index contributed by atoms with van der Waals surface area (Å²) in [5.41, 5.74) is 8.04. The number of nitrogens with zero attached hydrogens (tertiary/aromatic N) is 7. The van der Waals surface area contributed by atoms with Crippen molar-refractivity contribution in [3.8, 4) is 22.6 Å². The number of pyridine rings is 2. The molecule has 1 saturated carbocycles. The number of nitrogens with one attached hydrogen (secondary N) is 1. The molecule has 158 valence electrons. The van der Waals surface area contributed by atoms with Gasteiger partial charge in [0.05, 0.1) is 12.2 Å². The summed E-state index contributed by atoms with van der Waals surface area (Å²) in [6.07, 6.45) is 4.34. The van der Waals surface area contributed by atoms with E-state index in [1.165, 1.54) is 18.4 Å². The molecule has 8 nitrogen and oxygen atoms in total. The number of H-pyrrole nitrogens is 1. The molecule has 0 unspecified atom stereocenters. The zero-order valence-electron chi connectivity index (χ0n) is 18.9. The SMILES string of the molecule is Cc1cc(C)c2nc(C3CC3)n(Cc3ccc(-c4ccccc4-c4nn[nH]n4)nc3)c2n1.[K+]. The van der Waals surface area contributed by atoms with E-state index in [0.29, 0.717) is 18.3 Å². The predicted octanol–water partition coefficient (Wildman–Crippen LogP) is 1.22. The third-order valence-electron chi connectivity index (χ3n) is 5.95. The van der Waals surface area contributed by atoms with E-state index in [1.54, 1.807) is 0 Å². The van der Waals surface area contributed by atoms with E-state index in [9.17, 15) is 0 Å². The molecule has 6 rings (SSSR count).